The van der Waals surface area contributed by atoms with Gasteiger partial charge in [0.15, 0.2) is 0 Å². The fourth-order valence-electron chi connectivity index (χ4n) is 2.91. The predicted octanol–water partition coefficient (Wildman–Crippen LogP) is 2.35. The van der Waals surface area contributed by atoms with Crippen LogP contribution in [0.1, 0.15) is 16.7 Å². The Kier molecular flexibility index (Phi) is 6.61. The molecule has 1 aliphatic heterocycles. The summed E-state index contributed by atoms with van der Waals surface area (Å²) in [6, 6.07) is 14.4. The average molecular weight is 401 g/mol. The molecular weight excluding hydrogens is 376 g/mol. The van der Waals surface area contributed by atoms with Crippen LogP contribution in [-0.2, 0) is 26.1 Å². The normalized spacial score (nSPS) is 15.6. The Morgan fingerprint density at radius 2 is 1.79 bits per heavy atom. The monoisotopic (exact) mass is 400 g/mol. The minimum absolute atomic E-state index is 0.201. The summed E-state index contributed by atoms with van der Waals surface area (Å²) >= 11 is 0. The molecule has 28 heavy (non-hydrogen) atoms. The third kappa shape index (κ3) is 5.07. The maximum absolute atomic E-state index is 12.6. The molecule has 0 spiro atoms. The zero-order chi connectivity index (χ0) is 20.0. The SMILES string of the molecule is Cc1ccccc1CNC(=O)/C=C/c1ccc(S(=O)(=O)N2CCOCC2)cc1. The van der Waals surface area contributed by atoms with E-state index in [0.29, 0.717) is 32.8 Å². The number of hydrogen-bond acceptors (Lipinski definition) is 4. The highest BCUT2D eigenvalue weighted by molar-refractivity contribution is 7.89. The van der Waals surface area contributed by atoms with Crippen molar-refractivity contribution in [3.05, 3.63) is 71.3 Å². The minimum Gasteiger partial charge on any atom is -0.379 e. The zero-order valence-corrected chi connectivity index (χ0v) is 16.6. The lowest BCUT2D eigenvalue weighted by molar-refractivity contribution is -0.116. The molecule has 2 aromatic carbocycles. The van der Waals surface area contributed by atoms with Gasteiger partial charge in [-0.2, -0.15) is 4.31 Å². The maximum atomic E-state index is 12.6. The van der Waals surface area contributed by atoms with Crippen molar-refractivity contribution >= 4 is 22.0 Å². The number of amides is 1. The standard InChI is InChI=1S/C21H24N2O4S/c1-17-4-2-3-5-19(17)16-22-21(24)11-8-18-6-9-20(10-7-18)28(25,26)23-12-14-27-15-13-23/h2-11H,12-16H2,1H3,(H,22,24)/b11-8+. The second kappa shape index (κ2) is 9.14. The van der Waals surface area contributed by atoms with E-state index in [2.05, 4.69) is 5.32 Å². The van der Waals surface area contributed by atoms with Gasteiger partial charge in [-0.15, -0.1) is 0 Å². The van der Waals surface area contributed by atoms with Gasteiger partial charge in [-0.1, -0.05) is 36.4 Å². The summed E-state index contributed by atoms with van der Waals surface area (Å²) in [6.07, 6.45) is 3.11. The van der Waals surface area contributed by atoms with E-state index in [0.717, 1.165) is 16.7 Å². The molecule has 0 radical (unpaired) electrons. The topological polar surface area (TPSA) is 75.7 Å². The van der Waals surface area contributed by atoms with E-state index < -0.39 is 10.0 Å². The van der Waals surface area contributed by atoms with Crippen LogP contribution in [0.25, 0.3) is 6.08 Å². The van der Waals surface area contributed by atoms with Gasteiger partial charge in [0, 0.05) is 25.7 Å². The molecule has 1 aliphatic rings. The van der Waals surface area contributed by atoms with Gasteiger partial charge in [0.25, 0.3) is 0 Å². The third-order valence-electron chi connectivity index (χ3n) is 4.63. The molecule has 1 N–H and O–H groups in total. The molecule has 2 aromatic rings. The Morgan fingerprint density at radius 3 is 2.46 bits per heavy atom. The summed E-state index contributed by atoms with van der Waals surface area (Å²) in [5.74, 6) is -0.201. The largest absolute Gasteiger partial charge is 0.379 e. The molecule has 0 aromatic heterocycles. The van der Waals surface area contributed by atoms with Crippen LogP contribution in [-0.4, -0.2) is 44.9 Å². The number of aryl methyl sites for hydroxylation is 1. The van der Waals surface area contributed by atoms with Crippen LogP contribution >= 0.6 is 0 Å². The Hall–Kier alpha value is -2.48. The van der Waals surface area contributed by atoms with E-state index in [9.17, 15) is 13.2 Å². The number of ether oxygens (including phenoxy) is 1. The van der Waals surface area contributed by atoms with E-state index in [1.54, 1.807) is 30.3 Å². The Labute approximate surface area is 165 Å². The van der Waals surface area contributed by atoms with Gasteiger partial charge in [-0.25, -0.2) is 8.42 Å². The summed E-state index contributed by atoms with van der Waals surface area (Å²) in [6.45, 7) is 4.03. The second-order valence-corrected chi connectivity index (χ2v) is 8.50. The Balaban J connectivity index is 1.59. The van der Waals surface area contributed by atoms with Crippen molar-refractivity contribution in [2.75, 3.05) is 26.3 Å². The highest BCUT2D eigenvalue weighted by Crippen LogP contribution is 2.18. The van der Waals surface area contributed by atoms with Crippen LogP contribution in [0.4, 0.5) is 0 Å². The van der Waals surface area contributed by atoms with Crippen LogP contribution in [0.3, 0.4) is 0 Å². The van der Waals surface area contributed by atoms with Crippen molar-refractivity contribution in [2.24, 2.45) is 0 Å². The van der Waals surface area contributed by atoms with Crippen LogP contribution < -0.4 is 5.32 Å². The second-order valence-electron chi connectivity index (χ2n) is 6.56. The van der Waals surface area contributed by atoms with E-state index in [-0.39, 0.29) is 10.8 Å². The van der Waals surface area contributed by atoms with Gasteiger partial charge >= 0.3 is 0 Å². The van der Waals surface area contributed by atoms with E-state index in [1.807, 2.05) is 31.2 Å². The lowest BCUT2D eigenvalue weighted by atomic mass is 10.1. The van der Waals surface area contributed by atoms with Crippen LogP contribution in [0.2, 0.25) is 0 Å². The van der Waals surface area contributed by atoms with Gasteiger partial charge in [0.05, 0.1) is 18.1 Å². The van der Waals surface area contributed by atoms with E-state index >= 15 is 0 Å². The van der Waals surface area contributed by atoms with Crippen molar-refractivity contribution in [2.45, 2.75) is 18.4 Å². The first-order valence-electron chi connectivity index (χ1n) is 9.15. The number of benzene rings is 2. The highest BCUT2D eigenvalue weighted by Gasteiger charge is 2.25. The quantitative estimate of drug-likeness (QED) is 0.756. The van der Waals surface area contributed by atoms with Crippen molar-refractivity contribution in [3.63, 3.8) is 0 Å². The Morgan fingerprint density at radius 1 is 1.11 bits per heavy atom. The van der Waals surface area contributed by atoms with Gasteiger partial charge in [0.2, 0.25) is 15.9 Å². The molecule has 1 amide bonds. The highest BCUT2D eigenvalue weighted by atomic mass is 32.2. The fraction of sp³-hybridized carbons (Fsp3) is 0.286. The lowest BCUT2D eigenvalue weighted by Gasteiger charge is -2.26. The average Bonchev–Trinajstić information content (AvgIpc) is 2.72. The maximum Gasteiger partial charge on any atom is 0.244 e. The van der Waals surface area contributed by atoms with Crippen LogP contribution in [0.5, 0.6) is 0 Å². The molecule has 148 valence electrons. The number of rotatable bonds is 6. The van der Waals surface area contributed by atoms with Gasteiger partial charge in [0.1, 0.15) is 0 Å². The van der Waals surface area contributed by atoms with Crippen molar-refractivity contribution < 1.29 is 17.9 Å². The van der Waals surface area contributed by atoms with E-state index in [1.165, 1.54) is 10.4 Å². The summed E-state index contributed by atoms with van der Waals surface area (Å²) in [5.41, 5.74) is 2.96. The number of sulfonamides is 1. The van der Waals surface area contributed by atoms with Crippen LogP contribution in [0, 0.1) is 6.92 Å². The minimum atomic E-state index is -3.50. The number of carbonyl (C=O) groups is 1. The molecule has 0 unspecified atom stereocenters. The van der Waals surface area contributed by atoms with E-state index in [4.69, 9.17) is 4.74 Å². The summed E-state index contributed by atoms with van der Waals surface area (Å²) in [4.78, 5) is 12.3. The molecule has 1 saturated heterocycles. The first-order chi connectivity index (χ1) is 13.5. The molecular formula is C21H24N2O4S. The first-order valence-corrected chi connectivity index (χ1v) is 10.6. The van der Waals surface area contributed by atoms with Crippen LogP contribution in [0.15, 0.2) is 59.5 Å². The molecule has 7 heteroatoms. The summed E-state index contributed by atoms with van der Waals surface area (Å²) < 4.78 is 31.8. The zero-order valence-electron chi connectivity index (χ0n) is 15.8. The predicted molar refractivity (Wildman–Crippen MR) is 108 cm³/mol. The van der Waals surface area contributed by atoms with Crippen molar-refractivity contribution in [1.29, 1.82) is 0 Å². The number of carbonyl (C=O) groups excluding carboxylic acids is 1. The molecule has 0 saturated carbocycles. The van der Waals surface area contributed by atoms with Gasteiger partial charge < -0.3 is 10.1 Å². The fourth-order valence-corrected chi connectivity index (χ4v) is 4.32. The number of morpholine rings is 1. The smallest absolute Gasteiger partial charge is 0.244 e. The molecule has 6 nitrogen and oxygen atoms in total. The summed E-state index contributed by atoms with van der Waals surface area (Å²) in [7, 11) is -3.50. The van der Waals surface area contributed by atoms with Crippen molar-refractivity contribution in [1.82, 2.24) is 9.62 Å². The molecule has 0 aliphatic carbocycles. The number of nitrogens with zero attached hydrogens (tertiary/aromatic N) is 1. The number of nitrogens with one attached hydrogen (secondary N) is 1. The Bertz CT molecular complexity index is 947. The lowest BCUT2D eigenvalue weighted by Crippen LogP contribution is -2.40. The third-order valence-corrected chi connectivity index (χ3v) is 6.54. The van der Waals surface area contributed by atoms with Gasteiger partial charge in [-0.3, -0.25) is 4.79 Å². The van der Waals surface area contributed by atoms with Gasteiger partial charge in [-0.05, 0) is 41.8 Å². The van der Waals surface area contributed by atoms with Crippen molar-refractivity contribution in [3.8, 4) is 0 Å². The summed E-state index contributed by atoms with van der Waals surface area (Å²) in [5, 5.41) is 2.85. The molecule has 0 bridgehead atoms. The molecule has 0 atom stereocenters. The number of hydrogen-bond donors (Lipinski definition) is 1. The molecule has 1 fully saturated rings. The first kappa shape index (κ1) is 20.3. The molecule has 1 heterocycles. The molecule has 3 rings (SSSR count).